The van der Waals surface area contributed by atoms with E-state index in [9.17, 15) is 14.0 Å². The molecule has 4 nitrogen and oxygen atoms in total. The van der Waals surface area contributed by atoms with E-state index in [0.717, 1.165) is 6.42 Å². The fraction of sp³-hybridized carbons (Fsp3) is 0.429. The molecule has 1 aliphatic rings. The Morgan fingerprint density at radius 2 is 2.15 bits per heavy atom. The number of piperazine rings is 1. The zero-order valence-corrected chi connectivity index (χ0v) is 12.7. The van der Waals surface area contributed by atoms with Crippen molar-refractivity contribution in [1.82, 2.24) is 10.2 Å². The summed E-state index contributed by atoms with van der Waals surface area (Å²) < 4.78 is 14.0. The first-order valence-electron chi connectivity index (χ1n) is 6.52. The molecule has 1 heterocycles. The van der Waals surface area contributed by atoms with Crippen LogP contribution in [0.25, 0.3) is 0 Å². The largest absolute Gasteiger partial charge is 0.343 e. The Morgan fingerprint density at radius 1 is 1.40 bits per heavy atom. The minimum atomic E-state index is -0.460. The molecule has 1 aromatic rings. The predicted octanol–water partition coefficient (Wildman–Crippen LogP) is 2.22. The van der Waals surface area contributed by atoms with Crippen LogP contribution in [0.2, 0.25) is 0 Å². The van der Waals surface area contributed by atoms with Crippen LogP contribution in [0.1, 0.15) is 25.3 Å². The number of nitrogens with one attached hydrogen (secondary N) is 1. The second-order valence-corrected chi connectivity index (χ2v) is 5.80. The van der Waals surface area contributed by atoms with E-state index in [1.54, 1.807) is 6.07 Å². The predicted molar refractivity (Wildman–Crippen MR) is 76.4 cm³/mol. The van der Waals surface area contributed by atoms with Gasteiger partial charge in [0.1, 0.15) is 11.9 Å². The Hall–Kier alpha value is -1.43. The number of carbonyl (C=O) groups excluding carboxylic acids is 2. The summed E-state index contributed by atoms with van der Waals surface area (Å²) in [5.74, 6) is -0.640. The third kappa shape index (κ3) is 3.56. The molecule has 1 saturated heterocycles. The van der Waals surface area contributed by atoms with Gasteiger partial charge in [0, 0.05) is 11.0 Å². The molecule has 1 aliphatic heterocycles. The normalized spacial score (nSPS) is 19.1. The Bertz CT molecular complexity index is 516. The Morgan fingerprint density at radius 3 is 2.80 bits per heavy atom. The SMILES string of the molecule is CCCC1NC(=O)CN(Cc2cc(F)cc(Br)c2)C1=O. The van der Waals surface area contributed by atoms with Gasteiger partial charge in [0.05, 0.1) is 6.54 Å². The molecule has 1 unspecified atom stereocenters. The molecule has 20 heavy (non-hydrogen) atoms. The molecule has 0 spiro atoms. The van der Waals surface area contributed by atoms with E-state index in [1.165, 1.54) is 17.0 Å². The number of hydrogen-bond acceptors (Lipinski definition) is 2. The fourth-order valence-electron chi connectivity index (χ4n) is 2.31. The lowest BCUT2D eigenvalue weighted by molar-refractivity contribution is -0.145. The van der Waals surface area contributed by atoms with Crippen LogP contribution in [0.4, 0.5) is 4.39 Å². The monoisotopic (exact) mass is 342 g/mol. The van der Waals surface area contributed by atoms with Crippen LogP contribution in [0.5, 0.6) is 0 Å². The molecular formula is C14H16BrFN2O2. The molecule has 0 aromatic heterocycles. The van der Waals surface area contributed by atoms with Crippen LogP contribution in [-0.4, -0.2) is 29.3 Å². The van der Waals surface area contributed by atoms with Gasteiger partial charge in [-0.25, -0.2) is 4.39 Å². The highest BCUT2D eigenvalue weighted by molar-refractivity contribution is 9.10. The number of rotatable bonds is 4. The highest BCUT2D eigenvalue weighted by atomic mass is 79.9. The molecule has 0 radical (unpaired) electrons. The number of amides is 2. The first-order valence-corrected chi connectivity index (χ1v) is 7.32. The first-order chi connectivity index (χ1) is 9.49. The van der Waals surface area contributed by atoms with Crippen molar-refractivity contribution in [3.63, 3.8) is 0 Å². The van der Waals surface area contributed by atoms with Gasteiger partial charge in [-0.05, 0) is 30.2 Å². The average Bonchev–Trinajstić information content (AvgIpc) is 2.34. The maximum absolute atomic E-state index is 13.3. The molecule has 2 rings (SSSR count). The summed E-state index contributed by atoms with van der Waals surface area (Å²) in [7, 11) is 0. The van der Waals surface area contributed by atoms with Gasteiger partial charge in [-0.15, -0.1) is 0 Å². The molecular weight excluding hydrogens is 327 g/mol. The highest BCUT2D eigenvalue weighted by Gasteiger charge is 2.31. The molecule has 2 amide bonds. The number of benzene rings is 1. The van der Waals surface area contributed by atoms with Crippen molar-refractivity contribution in [3.8, 4) is 0 Å². The first kappa shape index (κ1) is 15.0. The number of nitrogens with zero attached hydrogens (tertiary/aromatic N) is 1. The van der Waals surface area contributed by atoms with Crippen LogP contribution < -0.4 is 5.32 Å². The van der Waals surface area contributed by atoms with Gasteiger partial charge in [-0.2, -0.15) is 0 Å². The van der Waals surface area contributed by atoms with Crippen LogP contribution in [0.3, 0.4) is 0 Å². The summed E-state index contributed by atoms with van der Waals surface area (Å²) in [6.07, 6.45) is 1.43. The van der Waals surface area contributed by atoms with Crippen molar-refractivity contribution < 1.29 is 14.0 Å². The zero-order chi connectivity index (χ0) is 14.7. The van der Waals surface area contributed by atoms with Crippen molar-refractivity contribution >= 4 is 27.7 Å². The van der Waals surface area contributed by atoms with E-state index >= 15 is 0 Å². The van der Waals surface area contributed by atoms with Crippen LogP contribution in [0.15, 0.2) is 22.7 Å². The van der Waals surface area contributed by atoms with E-state index in [1.807, 2.05) is 6.92 Å². The molecule has 6 heteroatoms. The molecule has 1 aromatic carbocycles. The van der Waals surface area contributed by atoms with Crippen molar-refractivity contribution in [3.05, 3.63) is 34.1 Å². The molecule has 1 N–H and O–H groups in total. The lowest BCUT2D eigenvalue weighted by atomic mass is 10.1. The molecule has 108 valence electrons. The van der Waals surface area contributed by atoms with Crippen LogP contribution >= 0.6 is 15.9 Å². The van der Waals surface area contributed by atoms with E-state index in [2.05, 4.69) is 21.2 Å². The van der Waals surface area contributed by atoms with Gasteiger partial charge in [0.15, 0.2) is 0 Å². The maximum Gasteiger partial charge on any atom is 0.245 e. The topological polar surface area (TPSA) is 49.4 Å². The summed E-state index contributed by atoms with van der Waals surface area (Å²) in [6.45, 7) is 2.22. The van der Waals surface area contributed by atoms with E-state index in [4.69, 9.17) is 0 Å². The van der Waals surface area contributed by atoms with Gasteiger partial charge in [0.2, 0.25) is 11.8 Å². The van der Waals surface area contributed by atoms with Crippen molar-refractivity contribution in [2.24, 2.45) is 0 Å². The van der Waals surface area contributed by atoms with Crippen LogP contribution in [-0.2, 0) is 16.1 Å². The van der Waals surface area contributed by atoms with Gasteiger partial charge in [-0.1, -0.05) is 29.3 Å². The number of halogens is 2. The minimum Gasteiger partial charge on any atom is -0.343 e. The fourth-order valence-corrected chi connectivity index (χ4v) is 2.83. The third-order valence-electron chi connectivity index (χ3n) is 3.15. The number of carbonyl (C=O) groups is 2. The van der Waals surface area contributed by atoms with Gasteiger partial charge in [-0.3, -0.25) is 9.59 Å². The highest BCUT2D eigenvalue weighted by Crippen LogP contribution is 2.18. The van der Waals surface area contributed by atoms with Crippen molar-refractivity contribution in [2.75, 3.05) is 6.54 Å². The Kier molecular flexibility index (Phi) is 4.75. The van der Waals surface area contributed by atoms with Gasteiger partial charge in [0.25, 0.3) is 0 Å². The standard InChI is InChI=1S/C14H16BrFN2O2/c1-2-3-12-14(20)18(8-13(19)17-12)7-9-4-10(15)6-11(16)5-9/h4-6,12H,2-3,7-8H2,1H3,(H,17,19). The van der Waals surface area contributed by atoms with E-state index in [0.29, 0.717) is 16.5 Å². The molecule has 0 aliphatic carbocycles. The molecule has 0 bridgehead atoms. The average molecular weight is 343 g/mol. The molecule has 0 saturated carbocycles. The zero-order valence-electron chi connectivity index (χ0n) is 11.2. The van der Waals surface area contributed by atoms with Gasteiger partial charge < -0.3 is 10.2 Å². The molecule has 1 atom stereocenters. The quantitative estimate of drug-likeness (QED) is 0.911. The summed E-state index contributed by atoms with van der Waals surface area (Å²) >= 11 is 3.22. The van der Waals surface area contributed by atoms with Gasteiger partial charge >= 0.3 is 0 Å². The second kappa shape index (κ2) is 6.35. The van der Waals surface area contributed by atoms with E-state index in [-0.39, 0.29) is 30.7 Å². The number of hydrogen-bond donors (Lipinski definition) is 1. The van der Waals surface area contributed by atoms with Crippen LogP contribution in [0, 0.1) is 5.82 Å². The van der Waals surface area contributed by atoms with E-state index < -0.39 is 6.04 Å². The lowest BCUT2D eigenvalue weighted by Gasteiger charge is -2.32. The second-order valence-electron chi connectivity index (χ2n) is 4.88. The lowest BCUT2D eigenvalue weighted by Crippen LogP contribution is -2.57. The molecule has 1 fully saturated rings. The smallest absolute Gasteiger partial charge is 0.245 e. The summed E-state index contributed by atoms with van der Waals surface area (Å²) in [6, 6.07) is 4.02. The van der Waals surface area contributed by atoms with Crippen molar-refractivity contribution in [2.45, 2.75) is 32.4 Å². The third-order valence-corrected chi connectivity index (χ3v) is 3.61. The van der Waals surface area contributed by atoms with Crippen molar-refractivity contribution in [1.29, 1.82) is 0 Å². The Balaban J connectivity index is 2.14. The maximum atomic E-state index is 13.3. The Labute approximate surface area is 125 Å². The summed E-state index contributed by atoms with van der Waals surface area (Å²) in [5.41, 5.74) is 0.662. The summed E-state index contributed by atoms with van der Waals surface area (Å²) in [4.78, 5) is 25.4. The summed E-state index contributed by atoms with van der Waals surface area (Å²) in [5, 5.41) is 2.69. The minimum absolute atomic E-state index is 0.0210.